The van der Waals surface area contributed by atoms with Crippen molar-refractivity contribution in [3.05, 3.63) is 69.2 Å². The third-order valence-corrected chi connectivity index (χ3v) is 3.49. The van der Waals surface area contributed by atoms with Crippen LogP contribution in [0.25, 0.3) is 11.3 Å². The minimum Gasteiger partial charge on any atom is -0.295 e. The molecular formula is C15H10BrFN4O. The zero-order valence-corrected chi connectivity index (χ0v) is 12.8. The summed E-state index contributed by atoms with van der Waals surface area (Å²) in [6.45, 7) is 0. The number of azo groups is 1. The van der Waals surface area contributed by atoms with Gasteiger partial charge in [0.05, 0.1) is 11.4 Å². The summed E-state index contributed by atoms with van der Waals surface area (Å²) in [5.41, 5.74) is 1.40. The number of H-pyrrole nitrogens is 2. The summed E-state index contributed by atoms with van der Waals surface area (Å²) in [6.07, 6.45) is 0. The lowest BCUT2D eigenvalue weighted by molar-refractivity contribution is 0.628. The van der Waals surface area contributed by atoms with Crippen LogP contribution in [0.5, 0.6) is 0 Å². The van der Waals surface area contributed by atoms with Crippen LogP contribution in [0.15, 0.2) is 68.0 Å². The van der Waals surface area contributed by atoms with Crippen LogP contribution < -0.4 is 5.56 Å². The highest BCUT2D eigenvalue weighted by molar-refractivity contribution is 9.10. The second kappa shape index (κ2) is 6.07. The van der Waals surface area contributed by atoms with E-state index in [-0.39, 0.29) is 5.69 Å². The van der Waals surface area contributed by atoms with Crippen molar-refractivity contribution in [3.8, 4) is 11.3 Å². The molecule has 0 saturated carbocycles. The molecule has 5 nitrogen and oxygen atoms in total. The number of rotatable bonds is 3. The first kappa shape index (κ1) is 14.4. The Morgan fingerprint density at radius 3 is 2.50 bits per heavy atom. The lowest BCUT2D eigenvalue weighted by Gasteiger charge is -1.99. The fraction of sp³-hybridized carbons (Fsp3) is 0. The minimum absolute atomic E-state index is 0.145. The Balaban J connectivity index is 1.99. The van der Waals surface area contributed by atoms with E-state index in [9.17, 15) is 9.18 Å². The van der Waals surface area contributed by atoms with Crippen molar-refractivity contribution in [3.63, 3.8) is 0 Å². The molecule has 3 rings (SSSR count). The molecule has 7 heteroatoms. The van der Waals surface area contributed by atoms with E-state index >= 15 is 0 Å². The van der Waals surface area contributed by atoms with Gasteiger partial charge in [0.2, 0.25) is 0 Å². The summed E-state index contributed by atoms with van der Waals surface area (Å²) >= 11 is 3.35. The van der Waals surface area contributed by atoms with Crippen LogP contribution in [0.3, 0.4) is 0 Å². The summed E-state index contributed by atoms with van der Waals surface area (Å²) in [7, 11) is 0. The normalized spacial score (nSPS) is 11.2. The first-order valence-electron chi connectivity index (χ1n) is 6.37. The predicted molar refractivity (Wildman–Crippen MR) is 85.1 cm³/mol. The van der Waals surface area contributed by atoms with Crippen molar-refractivity contribution in [1.82, 2.24) is 10.2 Å². The lowest BCUT2D eigenvalue weighted by Crippen LogP contribution is -1.96. The highest BCUT2D eigenvalue weighted by Gasteiger charge is 2.11. The van der Waals surface area contributed by atoms with E-state index in [4.69, 9.17) is 0 Å². The average Bonchev–Trinajstić information content (AvgIpc) is 2.87. The van der Waals surface area contributed by atoms with Gasteiger partial charge in [-0.05, 0) is 24.3 Å². The molecule has 2 aromatic carbocycles. The molecule has 0 spiro atoms. The minimum atomic E-state index is -0.410. The monoisotopic (exact) mass is 360 g/mol. The van der Waals surface area contributed by atoms with Gasteiger partial charge in [0.15, 0.2) is 5.69 Å². The van der Waals surface area contributed by atoms with Gasteiger partial charge in [0, 0.05) is 16.1 Å². The molecule has 0 unspecified atom stereocenters. The first-order chi connectivity index (χ1) is 10.6. The molecular weight excluding hydrogens is 351 g/mol. The van der Waals surface area contributed by atoms with Gasteiger partial charge in [-0.1, -0.05) is 34.1 Å². The van der Waals surface area contributed by atoms with E-state index in [1.807, 2.05) is 24.3 Å². The highest BCUT2D eigenvalue weighted by atomic mass is 79.9. The predicted octanol–water partition coefficient (Wildman–Crippen LogP) is 4.69. The molecule has 3 aromatic rings. The third kappa shape index (κ3) is 3.04. The summed E-state index contributed by atoms with van der Waals surface area (Å²) in [6, 6.07) is 13.1. The fourth-order valence-electron chi connectivity index (χ4n) is 1.92. The maximum absolute atomic E-state index is 13.1. The number of nitrogens with one attached hydrogen (secondary N) is 2. The molecule has 1 aromatic heterocycles. The van der Waals surface area contributed by atoms with Gasteiger partial charge < -0.3 is 0 Å². The Morgan fingerprint density at radius 2 is 1.77 bits per heavy atom. The molecule has 0 fully saturated rings. The number of nitrogens with zero attached hydrogens (tertiary/aromatic N) is 2. The van der Waals surface area contributed by atoms with Crippen LogP contribution in [0.4, 0.5) is 15.8 Å². The molecule has 0 bridgehead atoms. The van der Waals surface area contributed by atoms with Crippen molar-refractivity contribution in [1.29, 1.82) is 0 Å². The quantitative estimate of drug-likeness (QED) is 0.653. The highest BCUT2D eigenvalue weighted by Crippen LogP contribution is 2.27. The zero-order valence-electron chi connectivity index (χ0n) is 11.2. The van der Waals surface area contributed by atoms with Crippen LogP contribution in [0.2, 0.25) is 0 Å². The van der Waals surface area contributed by atoms with E-state index in [1.54, 1.807) is 6.07 Å². The average molecular weight is 361 g/mol. The van der Waals surface area contributed by atoms with E-state index in [0.717, 1.165) is 10.0 Å². The van der Waals surface area contributed by atoms with E-state index in [1.165, 1.54) is 18.2 Å². The van der Waals surface area contributed by atoms with Crippen LogP contribution in [-0.2, 0) is 0 Å². The van der Waals surface area contributed by atoms with Crippen LogP contribution in [0.1, 0.15) is 0 Å². The van der Waals surface area contributed by atoms with E-state index in [0.29, 0.717) is 11.4 Å². The van der Waals surface area contributed by atoms with Crippen molar-refractivity contribution < 1.29 is 4.39 Å². The number of hydrogen-bond donors (Lipinski definition) is 2. The van der Waals surface area contributed by atoms with E-state index in [2.05, 4.69) is 36.4 Å². The lowest BCUT2D eigenvalue weighted by atomic mass is 10.1. The maximum Gasteiger partial charge on any atom is 0.292 e. The van der Waals surface area contributed by atoms with Gasteiger partial charge in [-0.25, -0.2) is 4.39 Å². The first-order valence-corrected chi connectivity index (χ1v) is 7.17. The van der Waals surface area contributed by atoms with Gasteiger partial charge in [-0.2, -0.15) is 5.11 Å². The van der Waals surface area contributed by atoms with Crippen LogP contribution in [0, 0.1) is 5.82 Å². The van der Waals surface area contributed by atoms with E-state index < -0.39 is 11.4 Å². The molecule has 2 N–H and O–H groups in total. The van der Waals surface area contributed by atoms with Crippen molar-refractivity contribution in [2.24, 2.45) is 10.2 Å². The Hall–Kier alpha value is -2.54. The smallest absolute Gasteiger partial charge is 0.292 e. The number of aromatic amines is 2. The SMILES string of the molecule is O=c1[nH][nH]c(-c2ccc(Br)cc2)c1N=Nc1cccc(F)c1. The van der Waals surface area contributed by atoms with Crippen molar-refractivity contribution >= 4 is 27.3 Å². The zero-order chi connectivity index (χ0) is 15.5. The van der Waals surface area contributed by atoms with Gasteiger partial charge in [0.1, 0.15) is 5.82 Å². The Labute approximate surface area is 133 Å². The summed E-state index contributed by atoms with van der Waals surface area (Å²) in [5.74, 6) is -0.410. The second-order valence-electron chi connectivity index (χ2n) is 4.49. The Kier molecular flexibility index (Phi) is 3.97. The summed E-state index contributed by atoms with van der Waals surface area (Å²) in [4.78, 5) is 11.8. The summed E-state index contributed by atoms with van der Waals surface area (Å²) in [5, 5.41) is 13.1. The molecule has 22 heavy (non-hydrogen) atoms. The van der Waals surface area contributed by atoms with Crippen LogP contribution in [-0.4, -0.2) is 10.2 Å². The molecule has 0 saturated heterocycles. The molecule has 0 amide bonds. The van der Waals surface area contributed by atoms with Gasteiger partial charge in [0.25, 0.3) is 5.56 Å². The van der Waals surface area contributed by atoms with Gasteiger partial charge in [-0.3, -0.25) is 15.0 Å². The fourth-order valence-corrected chi connectivity index (χ4v) is 2.18. The topological polar surface area (TPSA) is 73.4 Å². The van der Waals surface area contributed by atoms with Crippen molar-refractivity contribution in [2.75, 3.05) is 0 Å². The second-order valence-corrected chi connectivity index (χ2v) is 5.41. The standard InChI is InChI=1S/C15H10BrFN4O/c16-10-6-4-9(5-7-10)13-14(15(22)21-19-13)20-18-12-3-1-2-11(17)8-12/h1-8H,(H2,19,21,22). The van der Waals surface area contributed by atoms with Gasteiger partial charge in [-0.15, -0.1) is 5.11 Å². The molecule has 1 heterocycles. The Bertz CT molecular complexity index is 883. The van der Waals surface area contributed by atoms with Gasteiger partial charge >= 0.3 is 0 Å². The molecule has 0 atom stereocenters. The molecule has 0 aliphatic rings. The third-order valence-electron chi connectivity index (χ3n) is 2.96. The van der Waals surface area contributed by atoms with Crippen molar-refractivity contribution in [2.45, 2.75) is 0 Å². The number of aromatic nitrogens is 2. The molecule has 110 valence electrons. The number of hydrogen-bond acceptors (Lipinski definition) is 3. The van der Waals surface area contributed by atoms with Crippen LogP contribution >= 0.6 is 15.9 Å². The molecule has 0 aliphatic heterocycles. The maximum atomic E-state index is 13.1. The number of halogens is 2. The summed E-state index contributed by atoms with van der Waals surface area (Å²) < 4.78 is 14.0. The molecule has 0 aliphatic carbocycles. The molecule has 0 radical (unpaired) electrons. The number of benzene rings is 2. The largest absolute Gasteiger partial charge is 0.295 e. The Morgan fingerprint density at radius 1 is 1.00 bits per heavy atom.